The van der Waals surface area contributed by atoms with Crippen LogP contribution in [0.4, 0.5) is 0 Å². The minimum Gasteiger partial charge on any atom is -0.454 e. The largest absolute Gasteiger partial charge is 0.722 e. The molecule has 0 heterocycles. The van der Waals surface area contributed by atoms with Crippen molar-refractivity contribution in [3.05, 3.63) is 0 Å². The molecule has 0 aliphatic carbocycles. The number of carbonyl (C=O) groups excluding carboxylic acids is 3. The van der Waals surface area contributed by atoms with E-state index >= 15 is 0 Å². The SMILES string of the molecule is CCC(N)NC(C)[Si](OC(C)=O)(OC(C)=O)OC(C)=O. The average molecular weight is 306 g/mol. The zero-order valence-corrected chi connectivity index (χ0v) is 13.4. The third kappa shape index (κ3) is 6.13. The van der Waals surface area contributed by atoms with Crippen molar-refractivity contribution in [1.29, 1.82) is 0 Å². The van der Waals surface area contributed by atoms with Crippen molar-refractivity contribution in [2.24, 2.45) is 5.73 Å². The molecule has 8 nitrogen and oxygen atoms in total. The summed E-state index contributed by atoms with van der Waals surface area (Å²) in [5.74, 6) is -2.13. The summed E-state index contributed by atoms with van der Waals surface area (Å²) in [6, 6.07) is 0. The van der Waals surface area contributed by atoms with Crippen LogP contribution in [0.15, 0.2) is 0 Å². The number of hydrogen-bond acceptors (Lipinski definition) is 8. The lowest BCUT2D eigenvalue weighted by molar-refractivity contribution is -0.148. The van der Waals surface area contributed by atoms with E-state index in [1.165, 1.54) is 0 Å². The van der Waals surface area contributed by atoms with Crippen LogP contribution in [-0.2, 0) is 27.7 Å². The molecule has 0 radical (unpaired) electrons. The van der Waals surface area contributed by atoms with E-state index in [4.69, 9.17) is 19.0 Å². The van der Waals surface area contributed by atoms with Gasteiger partial charge in [0.15, 0.2) is 0 Å². The highest BCUT2D eigenvalue weighted by Crippen LogP contribution is 2.17. The molecule has 2 unspecified atom stereocenters. The van der Waals surface area contributed by atoms with Crippen LogP contribution in [0, 0.1) is 0 Å². The lowest BCUT2D eigenvalue weighted by Crippen LogP contribution is -2.65. The van der Waals surface area contributed by atoms with Crippen molar-refractivity contribution in [1.82, 2.24) is 5.32 Å². The maximum absolute atomic E-state index is 11.3. The maximum atomic E-state index is 11.3. The Morgan fingerprint density at radius 1 is 1.05 bits per heavy atom. The second kappa shape index (κ2) is 7.97. The molecule has 0 spiro atoms. The van der Waals surface area contributed by atoms with Crippen molar-refractivity contribution < 1.29 is 27.7 Å². The Balaban J connectivity index is 5.37. The summed E-state index contributed by atoms with van der Waals surface area (Å²) in [4.78, 5) is 33.8. The van der Waals surface area contributed by atoms with E-state index in [-0.39, 0.29) is 0 Å². The fraction of sp³-hybridized carbons (Fsp3) is 0.727. The van der Waals surface area contributed by atoms with Crippen LogP contribution in [0.2, 0.25) is 0 Å². The van der Waals surface area contributed by atoms with Gasteiger partial charge in [-0.3, -0.25) is 19.7 Å². The molecule has 0 aliphatic rings. The first-order chi connectivity index (χ1) is 9.12. The normalized spacial score (nSPS) is 14.1. The van der Waals surface area contributed by atoms with Crippen molar-refractivity contribution in [2.75, 3.05) is 0 Å². The lowest BCUT2D eigenvalue weighted by atomic mass is 10.4. The molecule has 0 aromatic rings. The predicted octanol–water partition coefficient (Wildman–Crippen LogP) is -0.173. The van der Waals surface area contributed by atoms with Crippen molar-refractivity contribution >= 4 is 26.7 Å². The molecular formula is C11H22N2O6Si. The monoisotopic (exact) mass is 306 g/mol. The summed E-state index contributed by atoms with van der Waals surface area (Å²) in [7, 11) is -3.91. The summed E-state index contributed by atoms with van der Waals surface area (Å²) in [5, 5.41) is 2.89. The number of nitrogens with one attached hydrogen (secondary N) is 1. The van der Waals surface area contributed by atoms with E-state index in [1.54, 1.807) is 6.92 Å². The Morgan fingerprint density at radius 2 is 1.40 bits per heavy atom. The fourth-order valence-electron chi connectivity index (χ4n) is 1.47. The van der Waals surface area contributed by atoms with E-state index in [9.17, 15) is 14.4 Å². The molecule has 0 saturated heterocycles. The Kier molecular flexibility index (Phi) is 7.39. The first-order valence-corrected chi connectivity index (χ1v) is 8.03. The molecule has 0 fully saturated rings. The van der Waals surface area contributed by atoms with Gasteiger partial charge in [0.2, 0.25) is 0 Å². The molecule has 116 valence electrons. The molecular weight excluding hydrogens is 284 g/mol. The summed E-state index contributed by atoms with van der Waals surface area (Å²) in [6.45, 7) is 6.84. The van der Waals surface area contributed by atoms with Gasteiger partial charge in [0.05, 0.1) is 6.17 Å². The molecule has 0 aliphatic heterocycles. The quantitative estimate of drug-likeness (QED) is 0.491. The molecule has 0 saturated carbocycles. The highest BCUT2D eigenvalue weighted by Gasteiger charge is 2.57. The highest BCUT2D eigenvalue weighted by atomic mass is 28.4. The Bertz CT molecular complexity index is 335. The first kappa shape index (κ1) is 18.5. The summed E-state index contributed by atoms with van der Waals surface area (Å²) < 4.78 is 15.2. The topological polar surface area (TPSA) is 117 Å². The van der Waals surface area contributed by atoms with Gasteiger partial charge in [-0.25, -0.2) is 0 Å². The molecule has 2 atom stereocenters. The number of carbonyl (C=O) groups is 3. The predicted molar refractivity (Wildman–Crippen MR) is 71.9 cm³/mol. The third-order valence-corrected chi connectivity index (χ3v) is 5.24. The number of rotatable bonds is 7. The number of nitrogens with two attached hydrogens (primary N) is 1. The highest BCUT2D eigenvalue weighted by molar-refractivity contribution is 6.67. The maximum Gasteiger partial charge on any atom is 0.722 e. The van der Waals surface area contributed by atoms with E-state index in [2.05, 4.69) is 5.32 Å². The minimum absolute atomic E-state index is 0.418. The van der Waals surface area contributed by atoms with Gasteiger partial charge in [-0.15, -0.1) is 0 Å². The first-order valence-electron chi connectivity index (χ1n) is 6.23. The molecule has 9 heteroatoms. The van der Waals surface area contributed by atoms with Crippen LogP contribution in [-0.4, -0.2) is 38.5 Å². The van der Waals surface area contributed by atoms with Crippen LogP contribution in [0.25, 0.3) is 0 Å². The molecule has 3 N–H and O–H groups in total. The standard InChI is InChI=1S/C11H22N2O6Si/c1-6-11(12)13-7(2)20(17-8(3)14,18-9(4)15)19-10(5)16/h7,11,13H,6,12H2,1-5H3. The second-order valence-electron chi connectivity index (χ2n) is 4.29. The molecule has 0 amide bonds. The lowest BCUT2D eigenvalue weighted by Gasteiger charge is -2.32. The molecule has 0 aromatic carbocycles. The van der Waals surface area contributed by atoms with E-state index in [1.807, 2.05) is 6.92 Å². The Hall–Kier alpha value is -1.45. The Labute approximate surface area is 119 Å². The second-order valence-corrected chi connectivity index (χ2v) is 6.97. The van der Waals surface area contributed by atoms with Gasteiger partial charge in [-0.05, 0) is 13.3 Å². The van der Waals surface area contributed by atoms with Gasteiger partial charge in [-0.2, -0.15) is 0 Å². The molecule has 0 bridgehead atoms. The average Bonchev–Trinajstić information content (AvgIpc) is 2.25. The van der Waals surface area contributed by atoms with Crippen LogP contribution < -0.4 is 11.1 Å². The van der Waals surface area contributed by atoms with Crippen molar-refractivity contribution in [2.45, 2.75) is 52.9 Å². The van der Waals surface area contributed by atoms with Crippen LogP contribution >= 0.6 is 0 Å². The number of hydrogen-bond donors (Lipinski definition) is 2. The molecule has 20 heavy (non-hydrogen) atoms. The van der Waals surface area contributed by atoms with Crippen LogP contribution in [0.1, 0.15) is 41.0 Å². The van der Waals surface area contributed by atoms with Crippen molar-refractivity contribution in [3.8, 4) is 0 Å². The zero-order chi connectivity index (χ0) is 15.9. The van der Waals surface area contributed by atoms with Gasteiger partial charge in [0.25, 0.3) is 17.9 Å². The third-order valence-electron chi connectivity index (χ3n) is 2.29. The Morgan fingerprint density at radius 3 is 1.65 bits per heavy atom. The van der Waals surface area contributed by atoms with Gasteiger partial charge in [-0.1, -0.05) is 6.92 Å². The van der Waals surface area contributed by atoms with Crippen molar-refractivity contribution in [3.63, 3.8) is 0 Å². The fourth-order valence-corrected chi connectivity index (χ4v) is 3.75. The summed E-state index contributed by atoms with van der Waals surface area (Å²) in [6.07, 6.45) is 0.174. The van der Waals surface area contributed by atoms with Gasteiger partial charge >= 0.3 is 8.80 Å². The summed E-state index contributed by atoms with van der Waals surface area (Å²) >= 11 is 0. The van der Waals surface area contributed by atoms with Gasteiger partial charge in [0, 0.05) is 20.8 Å². The van der Waals surface area contributed by atoms with E-state index in [0.717, 1.165) is 20.8 Å². The van der Waals surface area contributed by atoms with Gasteiger partial charge in [0.1, 0.15) is 5.67 Å². The smallest absolute Gasteiger partial charge is 0.454 e. The van der Waals surface area contributed by atoms with E-state index < -0.39 is 38.5 Å². The zero-order valence-electron chi connectivity index (χ0n) is 12.4. The van der Waals surface area contributed by atoms with Crippen LogP contribution in [0.5, 0.6) is 0 Å². The van der Waals surface area contributed by atoms with Gasteiger partial charge < -0.3 is 19.0 Å². The molecule has 0 rings (SSSR count). The summed E-state index contributed by atoms with van der Waals surface area (Å²) in [5.41, 5.74) is 5.04. The van der Waals surface area contributed by atoms with E-state index in [0.29, 0.717) is 6.42 Å². The van der Waals surface area contributed by atoms with Crippen LogP contribution in [0.3, 0.4) is 0 Å². The minimum atomic E-state index is -3.91. The molecule has 0 aromatic heterocycles.